The summed E-state index contributed by atoms with van der Waals surface area (Å²) >= 11 is 0. The summed E-state index contributed by atoms with van der Waals surface area (Å²) in [5.74, 6) is 1.30. The van der Waals surface area contributed by atoms with Crippen LogP contribution in [-0.2, 0) is 11.8 Å². The van der Waals surface area contributed by atoms with Crippen molar-refractivity contribution >= 4 is 5.82 Å². The van der Waals surface area contributed by atoms with E-state index in [1.165, 1.54) is 5.56 Å². The Morgan fingerprint density at radius 3 is 2.10 bits per heavy atom. The number of hydrogen-bond acceptors (Lipinski definition) is 3. The molecule has 0 spiro atoms. The highest BCUT2D eigenvalue weighted by molar-refractivity contribution is 5.59. The van der Waals surface area contributed by atoms with Crippen molar-refractivity contribution in [3.63, 3.8) is 0 Å². The van der Waals surface area contributed by atoms with Crippen LogP contribution in [0.1, 0.15) is 44.5 Å². The van der Waals surface area contributed by atoms with Crippen molar-refractivity contribution in [2.45, 2.75) is 46.5 Å². The van der Waals surface area contributed by atoms with Crippen LogP contribution in [0.5, 0.6) is 0 Å². The number of nitrogens with two attached hydrogens (primary N) is 1. The molecule has 2 aromatic rings. The van der Waals surface area contributed by atoms with Gasteiger partial charge >= 0.3 is 0 Å². The number of aryl methyl sites for hydroxylation is 1. The number of rotatable bonds is 2. The summed E-state index contributed by atoms with van der Waals surface area (Å²) < 4.78 is 0. The lowest BCUT2D eigenvalue weighted by Crippen LogP contribution is -2.10. The van der Waals surface area contributed by atoms with Gasteiger partial charge in [-0.3, -0.25) is 0 Å². The molecule has 3 heteroatoms. The minimum atomic E-state index is 0.153. The van der Waals surface area contributed by atoms with Crippen molar-refractivity contribution in [2.24, 2.45) is 0 Å². The number of aromatic nitrogens is 2. The lowest BCUT2D eigenvalue weighted by atomic mass is 9.86. The second-order valence-corrected chi connectivity index (χ2v) is 6.18. The first kappa shape index (κ1) is 14.5. The fraction of sp³-hybridized carbons (Fsp3) is 0.412. The minimum Gasteiger partial charge on any atom is -0.383 e. The van der Waals surface area contributed by atoms with Gasteiger partial charge in [0.1, 0.15) is 5.82 Å². The third kappa shape index (κ3) is 2.82. The van der Waals surface area contributed by atoms with E-state index < -0.39 is 0 Å². The van der Waals surface area contributed by atoms with Crippen molar-refractivity contribution in [1.82, 2.24) is 9.97 Å². The Hall–Kier alpha value is -1.90. The van der Waals surface area contributed by atoms with Crippen molar-refractivity contribution in [3.05, 3.63) is 41.1 Å². The molecule has 2 N–H and O–H groups in total. The van der Waals surface area contributed by atoms with Crippen molar-refractivity contribution in [1.29, 1.82) is 0 Å². The Kier molecular flexibility index (Phi) is 3.80. The number of hydrogen-bond donors (Lipinski definition) is 1. The van der Waals surface area contributed by atoms with E-state index in [1.54, 1.807) is 0 Å². The first-order valence-corrected chi connectivity index (χ1v) is 7.07. The average Bonchev–Trinajstić information content (AvgIpc) is 2.37. The van der Waals surface area contributed by atoms with Gasteiger partial charge < -0.3 is 5.73 Å². The molecule has 0 saturated heterocycles. The molecule has 1 heterocycles. The lowest BCUT2D eigenvalue weighted by molar-refractivity contribution is 0.590. The molecule has 0 bridgehead atoms. The zero-order valence-corrected chi connectivity index (χ0v) is 13.0. The SMILES string of the molecule is CCc1c(C)nc(-c2ccc(C(C)(C)C)cc2)nc1N. The summed E-state index contributed by atoms with van der Waals surface area (Å²) in [4.78, 5) is 9.01. The maximum absolute atomic E-state index is 6.02. The van der Waals surface area contributed by atoms with E-state index in [-0.39, 0.29) is 5.41 Å². The molecule has 0 radical (unpaired) electrons. The zero-order valence-electron chi connectivity index (χ0n) is 13.0. The van der Waals surface area contributed by atoms with Gasteiger partial charge in [0.05, 0.1) is 0 Å². The van der Waals surface area contributed by atoms with Gasteiger partial charge in [0, 0.05) is 16.8 Å². The standard InChI is InChI=1S/C17H23N3/c1-6-14-11(2)19-16(20-15(14)18)12-7-9-13(10-8-12)17(3,4)5/h7-10H,6H2,1-5H3,(H2,18,19,20). The molecule has 0 aliphatic rings. The monoisotopic (exact) mass is 269 g/mol. The van der Waals surface area contributed by atoms with Gasteiger partial charge in [-0.2, -0.15) is 0 Å². The van der Waals surface area contributed by atoms with Gasteiger partial charge in [0.15, 0.2) is 5.82 Å². The second kappa shape index (κ2) is 5.23. The first-order valence-electron chi connectivity index (χ1n) is 7.07. The Morgan fingerprint density at radius 1 is 1.05 bits per heavy atom. The molecule has 1 aromatic heterocycles. The third-order valence-corrected chi connectivity index (χ3v) is 3.61. The molecule has 1 aromatic carbocycles. The van der Waals surface area contributed by atoms with Crippen LogP contribution in [0, 0.1) is 6.92 Å². The summed E-state index contributed by atoms with van der Waals surface area (Å²) in [6.07, 6.45) is 0.862. The second-order valence-electron chi connectivity index (χ2n) is 6.18. The molecule has 0 unspecified atom stereocenters. The van der Waals surface area contributed by atoms with E-state index >= 15 is 0 Å². The molecule has 0 aliphatic carbocycles. The fourth-order valence-corrected chi connectivity index (χ4v) is 2.30. The Labute approximate surface area is 121 Å². The van der Waals surface area contributed by atoms with Crippen LogP contribution in [0.4, 0.5) is 5.82 Å². The Morgan fingerprint density at radius 2 is 1.65 bits per heavy atom. The maximum atomic E-state index is 6.02. The van der Waals surface area contributed by atoms with E-state index in [4.69, 9.17) is 5.73 Å². The predicted octanol–water partition coefficient (Wildman–Crippen LogP) is 3.89. The fourth-order valence-electron chi connectivity index (χ4n) is 2.30. The smallest absolute Gasteiger partial charge is 0.161 e. The molecule has 0 aliphatic heterocycles. The number of nitrogen functional groups attached to an aromatic ring is 1. The van der Waals surface area contributed by atoms with Crippen LogP contribution in [0.2, 0.25) is 0 Å². The van der Waals surface area contributed by atoms with Gasteiger partial charge in [0.2, 0.25) is 0 Å². The average molecular weight is 269 g/mol. The summed E-state index contributed by atoms with van der Waals surface area (Å²) in [5.41, 5.74) is 10.5. The van der Waals surface area contributed by atoms with E-state index in [1.807, 2.05) is 6.92 Å². The highest BCUT2D eigenvalue weighted by Gasteiger charge is 2.14. The largest absolute Gasteiger partial charge is 0.383 e. The number of benzene rings is 1. The Balaban J connectivity index is 2.42. The predicted molar refractivity (Wildman–Crippen MR) is 84.7 cm³/mol. The van der Waals surface area contributed by atoms with Crippen LogP contribution in [0.3, 0.4) is 0 Å². The van der Waals surface area contributed by atoms with Gasteiger partial charge in [-0.15, -0.1) is 0 Å². The number of nitrogens with zero attached hydrogens (tertiary/aromatic N) is 2. The summed E-state index contributed by atoms with van der Waals surface area (Å²) in [6.45, 7) is 10.7. The molecule has 2 rings (SSSR count). The van der Waals surface area contributed by atoms with Crippen molar-refractivity contribution < 1.29 is 0 Å². The summed E-state index contributed by atoms with van der Waals surface area (Å²) in [6, 6.07) is 8.41. The molecule has 20 heavy (non-hydrogen) atoms. The highest BCUT2D eigenvalue weighted by Crippen LogP contribution is 2.26. The summed E-state index contributed by atoms with van der Waals surface area (Å²) in [5, 5.41) is 0. The van der Waals surface area contributed by atoms with Crippen LogP contribution in [-0.4, -0.2) is 9.97 Å². The highest BCUT2D eigenvalue weighted by atomic mass is 15.0. The molecular weight excluding hydrogens is 246 g/mol. The van der Waals surface area contributed by atoms with Crippen LogP contribution >= 0.6 is 0 Å². The van der Waals surface area contributed by atoms with Crippen LogP contribution < -0.4 is 5.73 Å². The van der Waals surface area contributed by atoms with E-state index in [0.717, 1.165) is 23.2 Å². The number of anilines is 1. The van der Waals surface area contributed by atoms with Gasteiger partial charge in [-0.1, -0.05) is 52.0 Å². The van der Waals surface area contributed by atoms with Crippen LogP contribution in [0.15, 0.2) is 24.3 Å². The van der Waals surface area contributed by atoms with Crippen molar-refractivity contribution in [2.75, 3.05) is 5.73 Å². The molecular formula is C17H23N3. The van der Waals surface area contributed by atoms with Crippen LogP contribution in [0.25, 0.3) is 11.4 Å². The van der Waals surface area contributed by atoms with E-state index in [0.29, 0.717) is 11.6 Å². The molecule has 0 fully saturated rings. The third-order valence-electron chi connectivity index (χ3n) is 3.61. The lowest BCUT2D eigenvalue weighted by Gasteiger charge is -2.19. The normalized spacial score (nSPS) is 11.7. The van der Waals surface area contributed by atoms with E-state index in [2.05, 4.69) is 61.9 Å². The molecule has 0 atom stereocenters. The van der Waals surface area contributed by atoms with Gasteiger partial charge in [-0.05, 0) is 24.3 Å². The van der Waals surface area contributed by atoms with Gasteiger partial charge in [-0.25, -0.2) is 9.97 Å². The molecule has 0 amide bonds. The maximum Gasteiger partial charge on any atom is 0.161 e. The zero-order chi connectivity index (χ0) is 14.9. The quantitative estimate of drug-likeness (QED) is 0.899. The first-order chi connectivity index (χ1) is 9.32. The topological polar surface area (TPSA) is 51.8 Å². The minimum absolute atomic E-state index is 0.153. The summed E-state index contributed by atoms with van der Waals surface area (Å²) in [7, 11) is 0. The molecule has 0 saturated carbocycles. The molecule has 106 valence electrons. The molecule has 3 nitrogen and oxygen atoms in total. The van der Waals surface area contributed by atoms with E-state index in [9.17, 15) is 0 Å². The Bertz CT molecular complexity index is 584. The van der Waals surface area contributed by atoms with Crippen molar-refractivity contribution in [3.8, 4) is 11.4 Å². The van der Waals surface area contributed by atoms with Gasteiger partial charge in [0.25, 0.3) is 0 Å².